The van der Waals surface area contributed by atoms with E-state index in [1.807, 2.05) is 10.9 Å². The van der Waals surface area contributed by atoms with Gasteiger partial charge in [0, 0.05) is 25.1 Å². The Morgan fingerprint density at radius 3 is 2.80 bits per heavy atom. The van der Waals surface area contributed by atoms with Gasteiger partial charge in [0.2, 0.25) is 0 Å². The SMILES string of the molecule is COCCNCc1cn(Cc2ccc(SC)cc2)nn1. The first-order valence-electron chi connectivity index (χ1n) is 6.53. The van der Waals surface area contributed by atoms with Crippen LogP contribution in [0.5, 0.6) is 0 Å². The average molecular weight is 292 g/mol. The lowest BCUT2D eigenvalue weighted by molar-refractivity contribution is 0.199. The van der Waals surface area contributed by atoms with Crippen molar-refractivity contribution in [2.45, 2.75) is 18.0 Å². The molecule has 5 nitrogen and oxygen atoms in total. The van der Waals surface area contributed by atoms with Crippen LogP contribution in [0.15, 0.2) is 35.4 Å². The van der Waals surface area contributed by atoms with Gasteiger partial charge in [-0.2, -0.15) is 0 Å². The second kappa shape index (κ2) is 8.04. The predicted molar refractivity (Wildman–Crippen MR) is 80.9 cm³/mol. The van der Waals surface area contributed by atoms with Gasteiger partial charge in [0.1, 0.15) is 0 Å². The zero-order valence-electron chi connectivity index (χ0n) is 11.9. The maximum atomic E-state index is 4.98. The normalized spacial score (nSPS) is 10.9. The van der Waals surface area contributed by atoms with Crippen LogP contribution in [0.25, 0.3) is 0 Å². The molecular formula is C14H20N4OS. The van der Waals surface area contributed by atoms with Crippen molar-refractivity contribution in [3.8, 4) is 0 Å². The van der Waals surface area contributed by atoms with Gasteiger partial charge < -0.3 is 10.1 Å². The van der Waals surface area contributed by atoms with Gasteiger partial charge in [0.15, 0.2) is 0 Å². The van der Waals surface area contributed by atoms with Crippen molar-refractivity contribution >= 4 is 11.8 Å². The monoisotopic (exact) mass is 292 g/mol. The van der Waals surface area contributed by atoms with E-state index < -0.39 is 0 Å². The second-order valence-electron chi connectivity index (χ2n) is 4.43. The highest BCUT2D eigenvalue weighted by molar-refractivity contribution is 7.98. The molecule has 20 heavy (non-hydrogen) atoms. The molecule has 2 rings (SSSR count). The molecular weight excluding hydrogens is 272 g/mol. The van der Waals surface area contributed by atoms with Crippen LogP contribution in [0.2, 0.25) is 0 Å². The van der Waals surface area contributed by atoms with Crippen LogP contribution in [0.4, 0.5) is 0 Å². The fraction of sp³-hybridized carbons (Fsp3) is 0.429. The van der Waals surface area contributed by atoms with E-state index >= 15 is 0 Å². The van der Waals surface area contributed by atoms with E-state index in [1.165, 1.54) is 10.5 Å². The predicted octanol–water partition coefficient (Wildman–Crippen LogP) is 1.78. The van der Waals surface area contributed by atoms with Gasteiger partial charge >= 0.3 is 0 Å². The number of methoxy groups -OCH3 is 1. The molecule has 6 heteroatoms. The molecule has 0 fully saturated rings. The Bertz CT molecular complexity index is 512. The topological polar surface area (TPSA) is 52.0 Å². The molecule has 108 valence electrons. The zero-order chi connectivity index (χ0) is 14.2. The summed E-state index contributed by atoms with van der Waals surface area (Å²) in [5.41, 5.74) is 2.17. The maximum Gasteiger partial charge on any atom is 0.0964 e. The minimum absolute atomic E-state index is 0.704. The Kier molecular flexibility index (Phi) is 6.04. The van der Waals surface area contributed by atoms with Crippen molar-refractivity contribution in [3.63, 3.8) is 0 Å². The van der Waals surface area contributed by atoms with Crippen LogP contribution in [0.3, 0.4) is 0 Å². The molecule has 0 aliphatic heterocycles. The van der Waals surface area contributed by atoms with Crippen LogP contribution in [-0.4, -0.2) is 41.5 Å². The lowest BCUT2D eigenvalue weighted by Gasteiger charge is -2.02. The summed E-state index contributed by atoms with van der Waals surface area (Å²) in [5.74, 6) is 0. The Balaban J connectivity index is 1.85. The molecule has 1 N–H and O–H groups in total. The van der Waals surface area contributed by atoms with E-state index in [9.17, 15) is 0 Å². The molecule has 2 aromatic rings. The fourth-order valence-corrected chi connectivity index (χ4v) is 2.21. The first-order chi connectivity index (χ1) is 9.81. The number of nitrogens with one attached hydrogen (secondary N) is 1. The molecule has 0 aliphatic carbocycles. The number of hydrogen-bond acceptors (Lipinski definition) is 5. The van der Waals surface area contributed by atoms with Gasteiger partial charge in [-0.1, -0.05) is 17.3 Å². The Morgan fingerprint density at radius 1 is 1.30 bits per heavy atom. The van der Waals surface area contributed by atoms with E-state index in [0.29, 0.717) is 6.61 Å². The zero-order valence-corrected chi connectivity index (χ0v) is 12.7. The number of benzene rings is 1. The summed E-state index contributed by atoms with van der Waals surface area (Å²) in [7, 11) is 1.69. The minimum Gasteiger partial charge on any atom is -0.383 e. The lowest BCUT2D eigenvalue weighted by Crippen LogP contribution is -2.18. The first kappa shape index (κ1) is 15.0. The molecule has 0 atom stereocenters. The summed E-state index contributed by atoms with van der Waals surface area (Å²) >= 11 is 1.75. The van der Waals surface area contributed by atoms with Crippen molar-refractivity contribution in [3.05, 3.63) is 41.7 Å². The van der Waals surface area contributed by atoms with Gasteiger partial charge in [0.05, 0.1) is 25.0 Å². The number of nitrogens with zero attached hydrogens (tertiary/aromatic N) is 3. The summed E-state index contributed by atoms with van der Waals surface area (Å²) in [6, 6.07) is 8.52. The van der Waals surface area contributed by atoms with Crippen LogP contribution >= 0.6 is 11.8 Å². The minimum atomic E-state index is 0.704. The quantitative estimate of drug-likeness (QED) is 0.594. The molecule has 0 radical (unpaired) electrons. The number of thioether (sulfide) groups is 1. The van der Waals surface area contributed by atoms with Crippen LogP contribution < -0.4 is 5.32 Å². The molecule has 1 aromatic carbocycles. The van der Waals surface area contributed by atoms with Gasteiger partial charge in [-0.3, -0.25) is 0 Å². The summed E-state index contributed by atoms with van der Waals surface area (Å²) in [6.07, 6.45) is 4.05. The first-order valence-corrected chi connectivity index (χ1v) is 7.76. The highest BCUT2D eigenvalue weighted by atomic mass is 32.2. The van der Waals surface area contributed by atoms with Crippen molar-refractivity contribution in [1.82, 2.24) is 20.3 Å². The number of rotatable bonds is 8. The molecule has 0 saturated heterocycles. The number of hydrogen-bond donors (Lipinski definition) is 1. The number of ether oxygens (including phenoxy) is 1. The molecule has 0 bridgehead atoms. The van der Waals surface area contributed by atoms with Crippen LogP contribution in [0, 0.1) is 0 Å². The van der Waals surface area contributed by atoms with Crippen LogP contribution in [0.1, 0.15) is 11.3 Å². The Hall–Kier alpha value is -1.37. The third-order valence-electron chi connectivity index (χ3n) is 2.88. The second-order valence-corrected chi connectivity index (χ2v) is 5.30. The molecule has 1 heterocycles. The standard InChI is InChI=1S/C14H20N4OS/c1-19-8-7-15-9-13-11-18(17-16-13)10-12-3-5-14(20-2)6-4-12/h3-6,11,15H,7-10H2,1-2H3. The summed E-state index contributed by atoms with van der Waals surface area (Å²) in [5, 5.41) is 11.5. The van der Waals surface area contributed by atoms with Crippen molar-refractivity contribution < 1.29 is 4.74 Å². The Labute approximate surface area is 123 Å². The summed E-state index contributed by atoms with van der Waals surface area (Å²) in [6.45, 7) is 2.99. The molecule has 0 unspecified atom stereocenters. The van der Waals surface area contributed by atoms with Gasteiger partial charge in [-0.25, -0.2) is 4.68 Å². The fourth-order valence-electron chi connectivity index (χ4n) is 1.81. The summed E-state index contributed by atoms with van der Waals surface area (Å²) in [4.78, 5) is 1.27. The smallest absolute Gasteiger partial charge is 0.0964 e. The lowest BCUT2D eigenvalue weighted by atomic mass is 10.2. The maximum absolute atomic E-state index is 4.98. The van der Waals surface area contributed by atoms with Crippen molar-refractivity contribution in [1.29, 1.82) is 0 Å². The van der Waals surface area contributed by atoms with E-state index in [4.69, 9.17) is 4.74 Å². The van der Waals surface area contributed by atoms with E-state index in [1.54, 1.807) is 18.9 Å². The number of aromatic nitrogens is 3. The largest absolute Gasteiger partial charge is 0.383 e. The highest BCUT2D eigenvalue weighted by Gasteiger charge is 2.01. The van der Waals surface area contributed by atoms with E-state index in [0.717, 1.165) is 25.3 Å². The average Bonchev–Trinajstić information content (AvgIpc) is 2.92. The van der Waals surface area contributed by atoms with Crippen molar-refractivity contribution in [2.24, 2.45) is 0 Å². The third-order valence-corrected chi connectivity index (χ3v) is 3.62. The Morgan fingerprint density at radius 2 is 2.10 bits per heavy atom. The van der Waals surface area contributed by atoms with Gasteiger partial charge in [-0.15, -0.1) is 16.9 Å². The van der Waals surface area contributed by atoms with Gasteiger partial charge in [-0.05, 0) is 24.0 Å². The van der Waals surface area contributed by atoms with Gasteiger partial charge in [0.25, 0.3) is 0 Å². The van der Waals surface area contributed by atoms with E-state index in [-0.39, 0.29) is 0 Å². The molecule has 0 spiro atoms. The molecule has 0 aliphatic rings. The van der Waals surface area contributed by atoms with Crippen molar-refractivity contribution in [2.75, 3.05) is 26.5 Å². The van der Waals surface area contributed by atoms with E-state index in [2.05, 4.69) is 46.2 Å². The van der Waals surface area contributed by atoms with Crippen LogP contribution in [-0.2, 0) is 17.8 Å². The molecule has 0 saturated carbocycles. The molecule has 0 amide bonds. The highest BCUT2D eigenvalue weighted by Crippen LogP contribution is 2.15. The summed E-state index contributed by atoms with van der Waals surface area (Å²) < 4.78 is 6.84. The molecule has 1 aromatic heterocycles. The third kappa shape index (κ3) is 4.63.